The van der Waals surface area contributed by atoms with Crippen LogP contribution in [0, 0.1) is 23.7 Å². The van der Waals surface area contributed by atoms with Gasteiger partial charge in [-0.3, -0.25) is 19.2 Å². The van der Waals surface area contributed by atoms with E-state index in [1.807, 2.05) is 0 Å². The predicted octanol–water partition coefficient (Wildman–Crippen LogP) is 2.95. The van der Waals surface area contributed by atoms with Crippen LogP contribution in [0.25, 0.3) is 0 Å². The van der Waals surface area contributed by atoms with Gasteiger partial charge >= 0.3 is 0 Å². The molecule has 4 N–H and O–H groups in total. The summed E-state index contributed by atoms with van der Waals surface area (Å²) in [7, 11) is 0. The average Bonchev–Trinajstić information content (AvgIpc) is 4.01. The van der Waals surface area contributed by atoms with E-state index in [9.17, 15) is 19.2 Å². The fourth-order valence-electron chi connectivity index (χ4n) is 9.52. The van der Waals surface area contributed by atoms with Gasteiger partial charge in [-0.1, -0.05) is 12.1 Å². The highest BCUT2D eigenvalue weighted by atomic mass is 16.5. The van der Waals surface area contributed by atoms with Crippen molar-refractivity contribution in [3.05, 3.63) is 93.0 Å². The van der Waals surface area contributed by atoms with E-state index in [-0.39, 0.29) is 72.6 Å². The number of benzene rings is 3. The molecule has 9 rings (SSSR count). The number of carbonyl (C=O) groups is 4. The molecule has 52 heavy (non-hydrogen) atoms. The summed E-state index contributed by atoms with van der Waals surface area (Å²) in [6, 6.07) is 13.5. The smallest absolute Gasteiger partial charge is 0.251 e. The molecule has 2 saturated heterocycles. The maximum atomic E-state index is 13.5. The minimum absolute atomic E-state index is 0.0529. The van der Waals surface area contributed by atoms with Gasteiger partial charge in [0.05, 0.1) is 25.4 Å². The third-order valence-corrected chi connectivity index (χ3v) is 12.0. The molecule has 4 amide bonds. The summed E-state index contributed by atoms with van der Waals surface area (Å²) in [5, 5.41) is 12.4. The van der Waals surface area contributed by atoms with E-state index in [4.69, 9.17) is 18.9 Å². The number of ether oxygens (including phenoxy) is 4. The van der Waals surface area contributed by atoms with Crippen molar-refractivity contribution in [2.24, 2.45) is 23.7 Å². The van der Waals surface area contributed by atoms with E-state index in [0.717, 1.165) is 46.6 Å². The van der Waals surface area contributed by atoms with E-state index in [1.165, 1.54) is 0 Å². The van der Waals surface area contributed by atoms with Crippen LogP contribution in [-0.2, 0) is 35.4 Å². The number of fused-ring (bicyclic) bond motifs is 10. The van der Waals surface area contributed by atoms with Gasteiger partial charge in [0.1, 0.15) is 11.5 Å². The van der Waals surface area contributed by atoms with Crippen molar-refractivity contribution in [1.82, 2.24) is 21.3 Å². The van der Waals surface area contributed by atoms with Gasteiger partial charge in [0.2, 0.25) is 0 Å². The molecule has 12 nitrogen and oxygen atoms in total. The van der Waals surface area contributed by atoms with Crippen molar-refractivity contribution in [1.29, 1.82) is 0 Å². The van der Waals surface area contributed by atoms with Crippen LogP contribution in [0.3, 0.4) is 0 Å². The second-order valence-electron chi connectivity index (χ2n) is 14.6. The Morgan fingerprint density at radius 2 is 0.885 bits per heavy atom. The summed E-state index contributed by atoms with van der Waals surface area (Å²) in [4.78, 5) is 54.1. The van der Waals surface area contributed by atoms with Crippen molar-refractivity contribution in [2.45, 2.75) is 51.0 Å². The van der Waals surface area contributed by atoms with E-state index >= 15 is 0 Å². The van der Waals surface area contributed by atoms with Gasteiger partial charge in [0.25, 0.3) is 23.6 Å². The quantitative estimate of drug-likeness (QED) is 0.279. The molecule has 3 unspecified atom stereocenters. The van der Waals surface area contributed by atoms with Gasteiger partial charge < -0.3 is 40.2 Å². The topological polar surface area (TPSA) is 153 Å². The third kappa shape index (κ3) is 5.78. The molecule has 8 bridgehead atoms. The van der Waals surface area contributed by atoms with Crippen LogP contribution in [0.2, 0.25) is 0 Å². The lowest BCUT2D eigenvalue weighted by Crippen LogP contribution is -2.55. The van der Waals surface area contributed by atoms with E-state index in [0.29, 0.717) is 74.6 Å². The second kappa shape index (κ2) is 13.6. The van der Waals surface area contributed by atoms with Crippen LogP contribution in [0.4, 0.5) is 0 Å². The molecular formula is C40H42N4O8. The standard InChI is InChI=1S/C40H42N4O8/c45-37-21-3-1-4-22(15-21)38(46)42-18-30-26-8-12-52-36(26)32(28-10-14-50-34(28)30)20-44-40(48)24-6-2-5-23(16-24)39(47)43-19-31-27-9-13-49-33(27)29(17-41-37)25-7-11-51-35(25)31/h1-6,15-16,25,27,29,31,33,35H,7-14,17-20H2,(H,41,45)(H,42,46)(H,43,47)(H,44,48)/t25-,27-,29+,31?,33?,35?/m0/s1. The Balaban J connectivity index is 1.05. The van der Waals surface area contributed by atoms with Crippen molar-refractivity contribution in [3.8, 4) is 11.5 Å². The van der Waals surface area contributed by atoms with Gasteiger partial charge in [-0.05, 0) is 61.1 Å². The van der Waals surface area contributed by atoms with Crippen LogP contribution in [-0.4, -0.2) is 75.4 Å². The molecule has 3 fully saturated rings. The lowest BCUT2D eigenvalue weighted by atomic mass is 9.64. The van der Waals surface area contributed by atoms with Crippen molar-refractivity contribution in [2.75, 3.05) is 39.5 Å². The maximum absolute atomic E-state index is 13.5. The molecule has 6 aliphatic rings. The molecule has 6 atom stereocenters. The van der Waals surface area contributed by atoms with Gasteiger partial charge in [-0.25, -0.2) is 0 Å². The lowest BCUT2D eigenvalue weighted by Gasteiger charge is -2.46. The maximum Gasteiger partial charge on any atom is 0.251 e. The molecule has 5 heterocycles. The summed E-state index contributed by atoms with van der Waals surface area (Å²) in [5.41, 5.74) is 5.22. The molecule has 1 aliphatic carbocycles. The Morgan fingerprint density at radius 3 is 1.31 bits per heavy atom. The Labute approximate surface area is 301 Å². The fraction of sp³-hybridized carbons (Fsp3) is 0.450. The molecule has 3 aromatic carbocycles. The first-order valence-corrected chi connectivity index (χ1v) is 18.5. The predicted molar refractivity (Wildman–Crippen MR) is 187 cm³/mol. The first-order valence-electron chi connectivity index (χ1n) is 18.5. The number of carbonyl (C=O) groups excluding carboxylic acids is 4. The average molecular weight is 707 g/mol. The molecule has 1 saturated carbocycles. The monoisotopic (exact) mass is 706 g/mol. The van der Waals surface area contributed by atoms with Crippen LogP contribution >= 0.6 is 0 Å². The van der Waals surface area contributed by atoms with Crippen LogP contribution in [0.1, 0.15) is 76.5 Å². The number of hydrogen-bond acceptors (Lipinski definition) is 8. The zero-order chi connectivity index (χ0) is 35.3. The normalized spacial score (nSPS) is 28.4. The zero-order valence-electron chi connectivity index (χ0n) is 28.8. The minimum Gasteiger partial charge on any atom is -0.493 e. The van der Waals surface area contributed by atoms with Crippen molar-refractivity contribution < 1.29 is 38.1 Å². The largest absolute Gasteiger partial charge is 0.493 e. The SMILES string of the molecule is O=C1NCc2c3c(c(c4c2OCC4)CNC(=O)c2cccc(c2)C(=O)NC[C@H]2C4OCC[C@H]4C(CNC(=O)c4cccc1c4)C1OCC[C@H]12)OCC3. The summed E-state index contributed by atoms with van der Waals surface area (Å²) in [6.07, 6.45) is 2.85. The first-order chi connectivity index (χ1) is 25.4. The Kier molecular flexibility index (Phi) is 8.59. The molecule has 0 radical (unpaired) electrons. The Bertz CT molecular complexity index is 1770. The molecule has 0 aromatic heterocycles. The number of amides is 4. The fourth-order valence-corrected chi connectivity index (χ4v) is 9.52. The van der Waals surface area contributed by atoms with Crippen LogP contribution in [0.5, 0.6) is 11.5 Å². The summed E-state index contributed by atoms with van der Waals surface area (Å²) in [5.74, 6) is 0.780. The Hall–Kier alpha value is -4.94. The van der Waals surface area contributed by atoms with Crippen LogP contribution in [0.15, 0.2) is 48.5 Å². The molecule has 270 valence electrons. The highest BCUT2D eigenvalue weighted by Gasteiger charge is 2.55. The first kappa shape index (κ1) is 32.9. The van der Waals surface area contributed by atoms with Crippen molar-refractivity contribution in [3.63, 3.8) is 0 Å². The molecule has 12 heteroatoms. The van der Waals surface area contributed by atoms with E-state index in [1.54, 1.807) is 48.5 Å². The zero-order valence-corrected chi connectivity index (χ0v) is 28.8. The molecular weight excluding hydrogens is 664 g/mol. The summed E-state index contributed by atoms with van der Waals surface area (Å²) in [6.45, 7) is 3.49. The Morgan fingerprint density at radius 1 is 0.481 bits per heavy atom. The third-order valence-electron chi connectivity index (χ3n) is 12.0. The van der Waals surface area contributed by atoms with Gasteiger partial charge in [0.15, 0.2) is 0 Å². The van der Waals surface area contributed by atoms with E-state index in [2.05, 4.69) is 21.3 Å². The summed E-state index contributed by atoms with van der Waals surface area (Å²) >= 11 is 0. The lowest BCUT2D eigenvalue weighted by molar-refractivity contribution is -0.0871. The van der Waals surface area contributed by atoms with Crippen molar-refractivity contribution >= 4 is 23.6 Å². The van der Waals surface area contributed by atoms with Gasteiger partial charge in [-0.15, -0.1) is 0 Å². The number of rotatable bonds is 0. The van der Waals surface area contributed by atoms with Gasteiger partial charge in [-0.2, -0.15) is 0 Å². The summed E-state index contributed by atoms with van der Waals surface area (Å²) < 4.78 is 24.9. The van der Waals surface area contributed by atoms with Crippen LogP contribution < -0.4 is 30.7 Å². The second-order valence-corrected chi connectivity index (χ2v) is 14.6. The number of nitrogens with one attached hydrogen (secondary N) is 4. The minimum atomic E-state index is -0.298. The highest BCUT2D eigenvalue weighted by Crippen LogP contribution is 2.49. The van der Waals surface area contributed by atoms with Gasteiger partial charge in [0, 0.05) is 109 Å². The molecule has 3 aromatic rings. The molecule has 5 aliphatic heterocycles. The number of hydrogen-bond donors (Lipinski definition) is 4. The van der Waals surface area contributed by atoms with E-state index < -0.39 is 0 Å². The highest BCUT2D eigenvalue weighted by molar-refractivity contribution is 6.00. The molecule has 0 spiro atoms.